The topological polar surface area (TPSA) is 55.1 Å². The molecule has 0 radical (unpaired) electrons. The lowest BCUT2D eigenvalue weighted by atomic mass is 10.0. The van der Waals surface area contributed by atoms with E-state index in [9.17, 15) is 4.79 Å². The number of hydrogen-bond donors (Lipinski definition) is 2. The van der Waals surface area contributed by atoms with Crippen molar-refractivity contribution < 1.29 is 4.79 Å². The predicted molar refractivity (Wildman–Crippen MR) is 91.7 cm³/mol. The molecule has 0 saturated heterocycles. The summed E-state index contributed by atoms with van der Waals surface area (Å²) in [5.74, 6) is 7.97. The van der Waals surface area contributed by atoms with Gasteiger partial charge in [0.1, 0.15) is 0 Å². The fraction of sp³-hybridized carbons (Fsp3) is 0.471. The first-order chi connectivity index (χ1) is 10.1. The van der Waals surface area contributed by atoms with Crippen LogP contribution < -0.4 is 11.1 Å². The molecular formula is C17H24N2OS. The zero-order valence-electron chi connectivity index (χ0n) is 13.0. The third-order valence-electron chi connectivity index (χ3n) is 3.10. The normalized spacial score (nSPS) is 11.4. The quantitative estimate of drug-likeness (QED) is 0.627. The molecule has 0 bridgehead atoms. The molecule has 3 nitrogen and oxygen atoms in total. The fourth-order valence-corrected chi connectivity index (χ4v) is 2.64. The van der Waals surface area contributed by atoms with Gasteiger partial charge in [-0.2, -0.15) is 11.8 Å². The van der Waals surface area contributed by atoms with Crippen LogP contribution in [0.2, 0.25) is 0 Å². The number of rotatable bonds is 6. The number of thioether (sulfide) groups is 1. The molecule has 1 amide bonds. The van der Waals surface area contributed by atoms with Gasteiger partial charge in [0.05, 0.1) is 6.54 Å². The molecule has 0 heterocycles. The van der Waals surface area contributed by atoms with Crippen molar-refractivity contribution in [3.63, 3.8) is 0 Å². The third kappa shape index (κ3) is 6.24. The third-order valence-corrected chi connectivity index (χ3v) is 4.03. The molecule has 21 heavy (non-hydrogen) atoms. The van der Waals surface area contributed by atoms with Gasteiger partial charge in [-0.05, 0) is 49.5 Å². The second-order valence-electron chi connectivity index (χ2n) is 4.90. The maximum atomic E-state index is 12.2. The number of aryl methyl sites for hydroxylation is 1. The lowest BCUT2D eigenvalue weighted by Gasteiger charge is -2.14. The molecule has 0 aliphatic rings. The predicted octanol–water partition coefficient (Wildman–Crippen LogP) is 2.57. The summed E-state index contributed by atoms with van der Waals surface area (Å²) in [4.78, 5) is 12.2. The Morgan fingerprint density at radius 1 is 1.48 bits per heavy atom. The number of carbonyl (C=O) groups excluding carboxylic acids is 1. The monoisotopic (exact) mass is 304 g/mol. The zero-order chi connectivity index (χ0) is 15.7. The van der Waals surface area contributed by atoms with Crippen LogP contribution in [0.1, 0.15) is 41.8 Å². The highest BCUT2D eigenvalue weighted by atomic mass is 32.2. The van der Waals surface area contributed by atoms with E-state index in [1.165, 1.54) is 0 Å². The second kappa shape index (κ2) is 9.49. The summed E-state index contributed by atoms with van der Waals surface area (Å²) in [6.07, 6.45) is 0.982. The van der Waals surface area contributed by atoms with E-state index >= 15 is 0 Å². The van der Waals surface area contributed by atoms with Crippen molar-refractivity contribution >= 4 is 17.7 Å². The van der Waals surface area contributed by atoms with E-state index in [2.05, 4.69) is 24.1 Å². The van der Waals surface area contributed by atoms with Crippen molar-refractivity contribution in [2.45, 2.75) is 33.2 Å². The first-order valence-electron chi connectivity index (χ1n) is 7.26. The van der Waals surface area contributed by atoms with Gasteiger partial charge in [-0.15, -0.1) is 0 Å². The number of nitrogens with two attached hydrogens (primary N) is 1. The lowest BCUT2D eigenvalue weighted by Crippen LogP contribution is -2.33. The minimum Gasteiger partial charge on any atom is -0.350 e. The lowest BCUT2D eigenvalue weighted by molar-refractivity contribution is 0.0939. The minimum atomic E-state index is -0.0419. The van der Waals surface area contributed by atoms with Crippen molar-refractivity contribution in [2.75, 3.05) is 18.1 Å². The van der Waals surface area contributed by atoms with Gasteiger partial charge < -0.3 is 11.1 Å². The van der Waals surface area contributed by atoms with Crippen LogP contribution in [0.4, 0.5) is 0 Å². The van der Waals surface area contributed by atoms with Gasteiger partial charge >= 0.3 is 0 Å². The van der Waals surface area contributed by atoms with Crippen LogP contribution in [-0.4, -0.2) is 30.0 Å². The number of benzene rings is 1. The van der Waals surface area contributed by atoms with E-state index < -0.39 is 0 Å². The molecule has 1 atom stereocenters. The first kappa shape index (κ1) is 17.6. The molecule has 1 rings (SSSR count). The number of hydrogen-bond acceptors (Lipinski definition) is 3. The van der Waals surface area contributed by atoms with E-state index in [1.807, 2.05) is 43.8 Å². The number of carbonyl (C=O) groups is 1. The van der Waals surface area contributed by atoms with E-state index in [0.29, 0.717) is 12.1 Å². The molecule has 0 spiro atoms. The Morgan fingerprint density at radius 2 is 2.24 bits per heavy atom. The highest BCUT2D eigenvalue weighted by molar-refractivity contribution is 7.99. The van der Waals surface area contributed by atoms with Crippen LogP contribution >= 0.6 is 11.8 Å². The van der Waals surface area contributed by atoms with Gasteiger partial charge in [0.15, 0.2) is 0 Å². The Hall–Kier alpha value is -1.44. The fourth-order valence-electron chi connectivity index (χ4n) is 1.83. The molecule has 3 N–H and O–H groups in total. The standard InChI is InChI=1S/C17H24N2OS/c1-4-21-11-9-14(3)19-17(20)16-8-7-13(2)15(12-16)6-5-10-18/h7-8,12,14H,4,9-11,18H2,1-3H3,(H,19,20). The summed E-state index contributed by atoms with van der Waals surface area (Å²) in [6, 6.07) is 5.77. The van der Waals surface area contributed by atoms with Crippen LogP contribution in [0.3, 0.4) is 0 Å². The van der Waals surface area contributed by atoms with Gasteiger partial charge in [-0.25, -0.2) is 0 Å². The Balaban J connectivity index is 2.69. The first-order valence-corrected chi connectivity index (χ1v) is 8.42. The molecule has 0 aliphatic heterocycles. The summed E-state index contributed by atoms with van der Waals surface area (Å²) >= 11 is 1.89. The molecule has 4 heteroatoms. The summed E-state index contributed by atoms with van der Waals surface area (Å²) < 4.78 is 0. The van der Waals surface area contributed by atoms with Crippen molar-refractivity contribution in [1.82, 2.24) is 5.32 Å². The molecule has 1 aromatic rings. The number of amides is 1. The van der Waals surface area contributed by atoms with Gasteiger partial charge in [0, 0.05) is 17.2 Å². The summed E-state index contributed by atoms with van der Waals surface area (Å²) in [7, 11) is 0. The highest BCUT2D eigenvalue weighted by Crippen LogP contribution is 2.11. The Labute approximate surface area is 132 Å². The van der Waals surface area contributed by atoms with Crippen LogP contribution in [0.15, 0.2) is 18.2 Å². The summed E-state index contributed by atoms with van der Waals surface area (Å²) in [6.45, 7) is 6.48. The average molecular weight is 304 g/mol. The van der Waals surface area contributed by atoms with Gasteiger partial charge in [0.2, 0.25) is 0 Å². The van der Waals surface area contributed by atoms with E-state index in [1.54, 1.807) is 0 Å². The van der Waals surface area contributed by atoms with Crippen LogP contribution in [0.5, 0.6) is 0 Å². The molecule has 0 aliphatic carbocycles. The zero-order valence-corrected chi connectivity index (χ0v) is 13.8. The molecule has 0 saturated carbocycles. The number of nitrogens with one attached hydrogen (secondary N) is 1. The van der Waals surface area contributed by atoms with Gasteiger partial charge in [-0.1, -0.05) is 24.8 Å². The van der Waals surface area contributed by atoms with Crippen LogP contribution in [-0.2, 0) is 0 Å². The Bertz CT molecular complexity index is 531. The van der Waals surface area contributed by atoms with Crippen molar-refractivity contribution in [1.29, 1.82) is 0 Å². The van der Waals surface area contributed by atoms with Crippen molar-refractivity contribution in [3.05, 3.63) is 34.9 Å². The Morgan fingerprint density at radius 3 is 2.90 bits per heavy atom. The molecule has 114 valence electrons. The van der Waals surface area contributed by atoms with Gasteiger partial charge in [0.25, 0.3) is 5.91 Å². The van der Waals surface area contributed by atoms with Gasteiger partial charge in [-0.3, -0.25) is 4.79 Å². The second-order valence-corrected chi connectivity index (χ2v) is 6.29. The maximum absolute atomic E-state index is 12.2. The SMILES string of the molecule is CCSCCC(C)NC(=O)c1ccc(C)c(C#CCN)c1. The smallest absolute Gasteiger partial charge is 0.251 e. The minimum absolute atomic E-state index is 0.0419. The van der Waals surface area contributed by atoms with E-state index in [0.717, 1.165) is 29.1 Å². The average Bonchev–Trinajstić information content (AvgIpc) is 2.46. The summed E-state index contributed by atoms with van der Waals surface area (Å²) in [5.41, 5.74) is 7.96. The molecule has 0 aromatic heterocycles. The van der Waals surface area contributed by atoms with E-state index in [4.69, 9.17) is 5.73 Å². The van der Waals surface area contributed by atoms with Crippen LogP contribution in [0, 0.1) is 18.8 Å². The molecule has 1 unspecified atom stereocenters. The molecule has 1 aromatic carbocycles. The van der Waals surface area contributed by atoms with Crippen molar-refractivity contribution in [3.8, 4) is 11.8 Å². The highest BCUT2D eigenvalue weighted by Gasteiger charge is 2.10. The van der Waals surface area contributed by atoms with Crippen LogP contribution in [0.25, 0.3) is 0 Å². The molecular weight excluding hydrogens is 280 g/mol. The Kier molecular flexibility index (Phi) is 7.96. The maximum Gasteiger partial charge on any atom is 0.251 e. The summed E-state index contributed by atoms with van der Waals surface area (Å²) in [5, 5.41) is 3.03. The largest absolute Gasteiger partial charge is 0.350 e. The van der Waals surface area contributed by atoms with E-state index in [-0.39, 0.29) is 11.9 Å². The van der Waals surface area contributed by atoms with Crippen molar-refractivity contribution in [2.24, 2.45) is 5.73 Å². The molecule has 0 fully saturated rings.